The Morgan fingerprint density at radius 1 is 1.06 bits per heavy atom. The number of anilines is 2. The maximum atomic E-state index is 14.3. The summed E-state index contributed by atoms with van der Waals surface area (Å²) in [6, 6.07) is 14.8. The van der Waals surface area contributed by atoms with Gasteiger partial charge in [0.05, 0.1) is 35.3 Å². The van der Waals surface area contributed by atoms with Gasteiger partial charge in [-0.3, -0.25) is 4.79 Å². The molecule has 49 heavy (non-hydrogen) atoms. The molecule has 1 aliphatic heterocycles. The van der Waals surface area contributed by atoms with Crippen LogP contribution in [0.3, 0.4) is 0 Å². The number of halogens is 2. The molecule has 266 valence electrons. The number of aliphatic hydroxyl groups is 1. The highest BCUT2D eigenvalue weighted by molar-refractivity contribution is 7.89. The molecule has 1 aliphatic rings. The first-order valence-corrected chi connectivity index (χ1v) is 18.0. The summed E-state index contributed by atoms with van der Waals surface area (Å²) < 4.78 is 53.9. The van der Waals surface area contributed by atoms with E-state index in [0.29, 0.717) is 41.6 Å². The average Bonchev–Trinajstić information content (AvgIpc) is 3.07. The summed E-state index contributed by atoms with van der Waals surface area (Å²) in [4.78, 5) is 28.7. The van der Waals surface area contributed by atoms with Crippen LogP contribution in [0.15, 0.2) is 71.6 Å². The van der Waals surface area contributed by atoms with E-state index in [2.05, 4.69) is 10.6 Å². The van der Waals surface area contributed by atoms with Crippen LogP contribution in [0.4, 0.5) is 20.6 Å². The molecule has 0 aliphatic carbocycles. The molecule has 3 aromatic carbocycles. The van der Waals surface area contributed by atoms with Crippen molar-refractivity contribution in [2.45, 2.75) is 63.2 Å². The first-order chi connectivity index (χ1) is 23.3. The van der Waals surface area contributed by atoms with E-state index in [1.807, 2.05) is 13.8 Å². The third kappa shape index (κ3) is 10.4. The Bertz CT molecular complexity index is 1680. The van der Waals surface area contributed by atoms with Crippen LogP contribution in [-0.2, 0) is 14.8 Å². The average molecular weight is 719 g/mol. The normalized spacial score (nSPS) is 20.1. The molecule has 0 spiro atoms. The Morgan fingerprint density at radius 3 is 2.39 bits per heavy atom. The second kappa shape index (κ2) is 17.3. The number of nitrogens with zero attached hydrogens (tertiary/aromatic N) is 2. The minimum absolute atomic E-state index is 0.0228. The molecule has 4 rings (SSSR count). The molecular weight excluding hydrogens is 675 g/mol. The van der Waals surface area contributed by atoms with Crippen molar-refractivity contribution in [2.75, 3.05) is 44.0 Å². The molecule has 0 saturated heterocycles. The van der Waals surface area contributed by atoms with Crippen molar-refractivity contribution in [3.63, 3.8) is 0 Å². The lowest BCUT2D eigenvalue weighted by atomic mass is 10.0. The second-order valence-corrected chi connectivity index (χ2v) is 14.8. The van der Waals surface area contributed by atoms with Gasteiger partial charge in [0.15, 0.2) is 0 Å². The van der Waals surface area contributed by atoms with Gasteiger partial charge >= 0.3 is 6.03 Å². The number of carbonyl (C=O) groups is 2. The van der Waals surface area contributed by atoms with Crippen LogP contribution < -0.4 is 15.4 Å². The molecule has 3 amide bonds. The van der Waals surface area contributed by atoms with E-state index in [1.165, 1.54) is 70.9 Å². The lowest BCUT2D eigenvalue weighted by Gasteiger charge is -2.35. The minimum Gasteiger partial charge on any atom is -0.490 e. The summed E-state index contributed by atoms with van der Waals surface area (Å²) in [5.74, 6) is -0.928. The van der Waals surface area contributed by atoms with Crippen LogP contribution in [0.25, 0.3) is 0 Å². The number of rotatable bonds is 8. The maximum Gasteiger partial charge on any atom is 0.323 e. The highest BCUT2D eigenvalue weighted by Gasteiger charge is 2.32. The number of urea groups is 1. The summed E-state index contributed by atoms with van der Waals surface area (Å²) in [6.07, 6.45) is 1.29. The molecule has 0 unspecified atom stereocenters. The Morgan fingerprint density at radius 2 is 1.71 bits per heavy atom. The number of benzene rings is 3. The molecule has 0 saturated carbocycles. The van der Waals surface area contributed by atoms with E-state index in [0.717, 1.165) is 6.42 Å². The van der Waals surface area contributed by atoms with Gasteiger partial charge in [-0.05, 0) is 99.8 Å². The van der Waals surface area contributed by atoms with Gasteiger partial charge in [0, 0.05) is 49.1 Å². The van der Waals surface area contributed by atoms with Crippen molar-refractivity contribution in [3.05, 3.63) is 83.1 Å². The predicted molar refractivity (Wildman–Crippen MR) is 187 cm³/mol. The Balaban J connectivity index is 1.62. The van der Waals surface area contributed by atoms with E-state index >= 15 is 0 Å². The second-order valence-electron chi connectivity index (χ2n) is 12.3. The molecule has 0 fully saturated rings. The van der Waals surface area contributed by atoms with Gasteiger partial charge in [0.1, 0.15) is 11.6 Å². The summed E-state index contributed by atoms with van der Waals surface area (Å²) in [5, 5.41) is 16.0. The zero-order valence-corrected chi connectivity index (χ0v) is 29.6. The lowest BCUT2D eigenvalue weighted by Crippen LogP contribution is -2.48. The van der Waals surface area contributed by atoms with Gasteiger partial charge in [-0.1, -0.05) is 18.5 Å². The number of likely N-dealkylation sites (N-methyl/N-ethyl adjacent to an activating group) is 1. The van der Waals surface area contributed by atoms with Gasteiger partial charge in [-0.25, -0.2) is 17.6 Å². The number of sulfonamides is 1. The fraction of sp³-hybridized carbons (Fsp3) is 0.429. The molecular formula is C35H44ClFN4O7S. The maximum absolute atomic E-state index is 14.3. The topological polar surface area (TPSA) is 138 Å². The number of carbonyl (C=O) groups excluding carboxylic acids is 2. The van der Waals surface area contributed by atoms with Crippen molar-refractivity contribution in [1.29, 1.82) is 0 Å². The molecule has 3 aromatic rings. The van der Waals surface area contributed by atoms with E-state index in [1.54, 1.807) is 19.1 Å². The smallest absolute Gasteiger partial charge is 0.323 e. The van der Waals surface area contributed by atoms with Crippen molar-refractivity contribution in [2.24, 2.45) is 5.92 Å². The van der Waals surface area contributed by atoms with Crippen LogP contribution in [0.5, 0.6) is 5.75 Å². The van der Waals surface area contributed by atoms with Crippen LogP contribution in [0.1, 0.15) is 50.4 Å². The number of hydrogen-bond donors (Lipinski definition) is 3. The van der Waals surface area contributed by atoms with E-state index in [4.69, 9.17) is 21.1 Å². The quantitative estimate of drug-likeness (QED) is 0.251. The molecule has 0 bridgehead atoms. The third-order valence-electron chi connectivity index (χ3n) is 8.37. The molecule has 14 heteroatoms. The largest absolute Gasteiger partial charge is 0.490 e. The molecule has 3 N–H and O–H groups in total. The van der Waals surface area contributed by atoms with Gasteiger partial charge in [-0.15, -0.1) is 0 Å². The van der Waals surface area contributed by atoms with E-state index in [9.17, 15) is 27.5 Å². The van der Waals surface area contributed by atoms with Crippen LogP contribution in [0, 0.1) is 11.7 Å². The summed E-state index contributed by atoms with van der Waals surface area (Å²) in [6.45, 7) is 5.68. The standard InChI is InChI=1S/C35H44ClFN4O7S/c1-23-20-41(24(2)22-42)34(43)31-19-29(39-35(44)38-28-12-10-27(37)11-13-28)14-17-32(31)48-25(3)7-5-6-18-47-33(23)21-40(4)49(45,46)30-15-8-26(36)9-16-30/h8-17,19,23-25,33,42H,5-7,18,20-22H2,1-4H3,(H2,38,39,44)/t23-,24+,25+,33-/m0/s1. The fourth-order valence-corrected chi connectivity index (χ4v) is 6.74. The van der Waals surface area contributed by atoms with Crippen molar-refractivity contribution < 1.29 is 37.0 Å². The first-order valence-electron chi connectivity index (χ1n) is 16.2. The Kier molecular flexibility index (Phi) is 13.4. The zero-order valence-electron chi connectivity index (χ0n) is 28.1. The summed E-state index contributed by atoms with van der Waals surface area (Å²) in [5.41, 5.74) is 0.866. The number of amides is 3. The molecule has 1 heterocycles. The minimum atomic E-state index is -3.87. The van der Waals surface area contributed by atoms with E-state index < -0.39 is 39.9 Å². The monoisotopic (exact) mass is 718 g/mol. The predicted octanol–water partition coefficient (Wildman–Crippen LogP) is 6.24. The van der Waals surface area contributed by atoms with Crippen molar-refractivity contribution in [1.82, 2.24) is 9.21 Å². The first kappa shape index (κ1) is 38.1. The van der Waals surface area contributed by atoms with Crippen molar-refractivity contribution in [3.8, 4) is 5.75 Å². The number of fused-ring (bicyclic) bond motifs is 1. The number of ether oxygens (including phenoxy) is 2. The van der Waals surface area contributed by atoms with E-state index in [-0.39, 0.29) is 42.2 Å². The summed E-state index contributed by atoms with van der Waals surface area (Å²) in [7, 11) is -2.38. The van der Waals surface area contributed by atoms with Gasteiger partial charge in [0.25, 0.3) is 5.91 Å². The molecule has 0 radical (unpaired) electrons. The van der Waals surface area contributed by atoms with Gasteiger partial charge in [0.2, 0.25) is 10.0 Å². The fourth-order valence-electron chi connectivity index (χ4n) is 5.43. The number of aliphatic hydroxyl groups excluding tert-OH is 1. The molecule has 0 aromatic heterocycles. The highest BCUT2D eigenvalue weighted by Crippen LogP contribution is 2.29. The molecule has 11 nitrogen and oxygen atoms in total. The van der Waals surface area contributed by atoms with Gasteiger partial charge < -0.3 is 30.1 Å². The lowest BCUT2D eigenvalue weighted by molar-refractivity contribution is -0.00833. The van der Waals surface area contributed by atoms with Crippen LogP contribution >= 0.6 is 11.6 Å². The van der Waals surface area contributed by atoms with Crippen LogP contribution in [-0.4, -0.2) is 86.3 Å². The Labute approximate surface area is 292 Å². The summed E-state index contributed by atoms with van der Waals surface area (Å²) >= 11 is 5.98. The Hall–Kier alpha value is -3.75. The number of hydrogen-bond acceptors (Lipinski definition) is 7. The van der Waals surface area contributed by atoms with Gasteiger partial charge in [-0.2, -0.15) is 4.31 Å². The molecule has 4 atom stereocenters. The number of nitrogens with one attached hydrogen (secondary N) is 2. The highest BCUT2D eigenvalue weighted by atomic mass is 35.5. The zero-order chi connectivity index (χ0) is 35.7. The van der Waals surface area contributed by atoms with Crippen LogP contribution in [0.2, 0.25) is 5.02 Å². The van der Waals surface area contributed by atoms with Crippen molar-refractivity contribution >= 4 is 44.9 Å². The third-order valence-corrected chi connectivity index (χ3v) is 10.5. The SMILES string of the molecule is C[C@@H]1CCCCO[C@@H](CN(C)S(=O)(=O)c2ccc(Cl)cc2)[C@@H](C)CN([C@H](C)CO)C(=O)c2cc(NC(=O)Nc3ccc(F)cc3)ccc2O1.